The van der Waals surface area contributed by atoms with Crippen LogP contribution < -0.4 is 10.9 Å². The van der Waals surface area contributed by atoms with Gasteiger partial charge in [-0.1, -0.05) is 12.2 Å². The lowest BCUT2D eigenvalue weighted by atomic mass is 10.2. The van der Waals surface area contributed by atoms with E-state index in [1.807, 2.05) is 42.1 Å². The number of aromatic amines is 1. The number of nitrogens with zero attached hydrogens (tertiary/aromatic N) is 2. The molecule has 1 aliphatic rings. The van der Waals surface area contributed by atoms with Crippen molar-refractivity contribution in [2.45, 2.75) is 30.3 Å². The van der Waals surface area contributed by atoms with Gasteiger partial charge in [-0.2, -0.15) is 11.8 Å². The molecule has 3 rings (SSSR count). The second-order valence-corrected chi connectivity index (χ2v) is 7.82. The largest absolute Gasteiger partial charge is 0.385 e. The number of aliphatic imine (C=N–C) groups is 1. The van der Waals surface area contributed by atoms with Crippen LogP contribution in [0, 0.1) is 0 Å². The molecule has 2 N–H and O–H groups in total. The van der Waals surface area contributed by atoms with Crippen LogP contribution in [-0.4, -0.2) is 41.7 Å². The third-order valence-electron chi connectivity index (χ3n) is 4.46. The number of nitrogens with one attached hydrogen (secondary N) is 2. The molecule has 7 heteroatoms. The fourth-order valence-corrected chi connectivity index (χ4v) is 4.05. The number of benzene rings is 1. The molecule has 148 valence electrons. The van der Waals surface area contributed by atoms with Crippen LogP contribution in [0.5, 0.6) is 0 Å². The van der Waals surface area contributed by atoms with Crippen LogP contribution in [0.3, 0.4) is 0 Å². The molecule has 0 aliphatic carbocycles. The highest BCUT2D eigenvalue weighted by atomic mass is 32.2. The van der Waals surface area contributed by atoms with Gasteiger partial charge in [-0.3, -0.25) is 9.79 Å². The van der Waals surface area contributed by atoms with Gasteiger partial charge >= 0.3 is 0 Å². The lowest BCUT2D eigenvalue weighted by Crippen LogP contribution is -2.18. The maximum Gasteiger partial charge on any atom is 0.258 e. The van der Waals surface area contributed by atoms with Crippen molar-refractivity contribution in [3.05, 3.63) is 58.8 Å². The Morgan fingerprint density at radius 2 is 2.21 bits per heavy atom. The fraction of sp³-hybridized carbons (Fsp3) is 0.381. The van der Waals surface area contributed by atoms with Gasteiger partial charge in [0.2, 0.25) is 0 Å². The predicted octanol–water partition coefficient (Wildman–Crippen LogP) is 3.91. The SMILES string of the molecule is C=N/C=C\C=C/CCNc1ccc2c(=O)[nH]c(CSC3CCOCC3)nc2c1. The molecule has 0 unspecified atom stereocenters. The van der Waals surface area contributed by atoms with Gasteiger partial charge in [0.05, 0.1) is 16.7 Å². The average Bonchev–Trinajstić information content (AvgIpc) is 2.72. The minimum absolute atomic E-state index is 0.0790. The first kappa shape index (κ1) is 20.4. The summed E-state index contributed by atoms with van der Waals surface area (Å²) < 4.78 is 5.40. The Hall–Kier alpha value is -2.38. The molecule has 0 radical (unpaired) electrons. The second-order valence-electron chi connectivity index (χ2n) is 6.53. The molecule has 0 atom stereocenters. The van der Waals surface area contributed by atoms with E-state index in [2.05, 4.69) is 33.1 Å². The lowest BCUT2D eigenvalue weighted by molar-refractivity contribution is 0.1000. The molecule has 0 spiro atoms. The normalized spacial score (nSPS) is 15.6. The smallest absolute Gasteiger partial charge is 0.258 e. The van der Waals surface area contributed by atoms with Crippen molar-refractivity contribution in [1.82, 2.24) is 9.97 Å². The molecular weight excluding hydrogens is 372 g/mol. The summed E-state index contributed by atoms with van der Waals surface area (Å²) in [7, 11) is 0. The van der Waals surface area contributed by atoms with E-state index in [4.69, 9.17) is 4.74 Å². The standard InChI is InChI=1S/C21H26N4O2S/c1-22-10-4-2-3-5-11-23-16-6-7-18-19(14-16)24-20(25-21(18)26)15-28-17-8-12-27-13-9-17/h2-4,6-7,10,14,17,23H,1,5,8-9,11-13,15H2,(H,24,25,26)/b3-2-,10-4-. The summed E-state index contributed by atoms with van der Waals surface area (Å²) in [5, 5.41) is 4.56. The number of thioether (sulfide) groups is 1. The van der Waals surface area contributed by atoms with Crippen molar-refractivity contribution < 1.29 is 4.74 Å². The zero-order valence-corrected chi connectivity index (χ0v) is 16.7. The van der Waals surface area contributed by atoms with Crippen LogP contribution in [0.25, 0.3) is 10.9 Å². The minimum atomic E-state index is -0.0790. The molecule has 1 saturated heterocycles. The van der Waals surface area contributed by atoms with E-state index in [9.17, 15) is 4.79 Å². The van der Waals surface area contributed by atoms with E-state index in [0.717, 1.165) is 56.0 Å². The molecule has 28 heavy (non-hydrogen) atoms. The topological polar surface area (TPSA) is 79.4 Å². The van der Waals surface area contributed by atoms with Gasteiger partial charge in [0.15, 0.2) is 0 Å². The Morgan fingerprint density at radius 3 is 3.04 bits per heavy atom. The Bertz CT molecular complexity index is 901. The number of aromatic nitrogens is 2. The van der Waals surface area contributed by atoms with Crippen LogP contribution in [0.1, 0.15) is 25.1 Å². The van der Waals surface area contributed by atoms with Crippen molar-refractivity contribution in [3.63, 3.8) is 0 Å². The molecule has 1 aliphatic heterocycles. The summed E-state index contributed by atoms with van der Waals surface area (Å²) in [6, 6.07) is 5.69. The molecule has 6 nitrogen and oxygen atoms in total. The van der Waals surface area contributed by atoms with E-state index >= 15 is 0 Å². The number of anilines is 1. The number of fused-ring (bicyclic) bond motifs is 1. The highest BCUT2D eigenvalue weighted by molar-refractivity contribution is 7.99. The maximum absolute atomic E-state index is 12.4. The fourth-order valence-electron chi connectivity index (χ4n) is 2.99. The number of ether oxygens (including phenoxy) is 1. The third kappa shape index (κ3) is 6.07. The summed E-state index contributed by atoms with van der Waals surface area (Å²) >= 11 is 1.84. The molecule has 1 aromatic heterocycles. The molecule has 0 amide bonds. The van der Waals surface area contributed by atoms with Gasteiger partial charge < -0.3 is 15.0 Å². The Kier molecular flexibility index (Phi) is 7.87. The second kappa shape index (κ2) is 10.8. The van der Waals surface area contributed by atoms with Gasteiger partial charge in [-0.15, -0.1) is 0 Å². The zero-order valence-electron chi connectivity index (χ0n) is 15.9. The Balaban J connectivity index is 1.61. The van der Waals surface area contributed by atoms with Gasteiger partial charge in [-0.05, 0) is 50.3 Å². The van der Waals surface area contributed by atoms with E-state index in [-0.39, 0.29) is 5.56 Å². The first-order chi connectivity index (χ1) is 13.8. The van der Waals surface area contributed by atoms with E-state index in [0.29, 0.717) is 16.4 Å². The van der Waals surface area contributed by atoms with Crippen LogP contribution in [-0.2, 0) is 10.5 Å². The minimum Gasteiger partial charge on any atom is -0.385 e. The average molecular weight is 399 g/mol. The van der Waals surface area contributed by atoms with Crippen molar-refractivity contribution in [2.24, 2.45) is 4.99 Å². The molecule has 1 aromatic carbocycles. The zero-order chi connectivity index (χ0) is 19.6. The van der Waals surface area contributed by atoms with Crippen molar-refractivity contribution in [3.8, 4) is 0 Å². The number of allylic oxidation sites excluding steroid dienone is 2. The van der Waals surface area contributed by atoms with Crippen molar-refractivity contribution >= 4 is 35.1 Å². The van der Waals surface area contributed by atoms with Crippen LogP contribution >= 0.6 is 11.8 Å². The maximum atomic E-state index is 12.4. The van der Waals surface area contributed by atoms with Gasteiger partial charge in [-0.25, -0.2) is 4.98 Å². The van der Waals surface area contributed by atoms with E-state index < -0.39 is 0 Å². The van der Waals surface area contributed by atoms with Crippen molar-refractivity contribution in [2.75, 3.05) is 25.1 Å². The van der Waals surface area contributed by atoms with Crippen molar-refractivity contribution in [1.29, 1.82) is 0 Å². The molecule has 2 aromatic rings. The summed E-state index contributed by atoms with van der Waals surface area (Å²) in [5.41, 5.74) is 1.61. The first-order valence-corrected chi connectivity index (χ1v) is 10.5. The quantitative estimate of drug-likeness (QED) is 0.380. The van der Waals surface area contributed by atoms with Crippen LogP contribution in [0.15, 0.2) is 52.4 Å². The predicted molar refractivity (Wildman–Crippen MR) is 118 cm³/mol. The monoisotopic (exact) mass is 398 g/mol. The first-order valence-electron chi connectivity index (χ1n) is 9.50. The Labute approximate surface area is 169 Å². The lowest BCUT2D eigenvalue weighted by Gasteiger charge is -2.21. The summed E-state index contributed by atoms with van der Waals surface area (Å²) in [5.74, 6) is 1.45. The Morgan fingerprint density at radius 1 is 1.36 bits per heavy atom. The highest BCUT2D eigenvalue weighted by Gasteiger charge is 2.15. The van der Waals surface area contributed by atoms with E-state index in [1.165, 1.54) is 0 Å². The van der Waals surface area contributed by atoms with Crippen LogP contribution in [0.4, 0.5) is 5.69 Å². The van der Waals surface area contributed by atoms with Gasteiger partial charge in [0.25, 0.3) is 5.56 Å². The third-order valence-corrected chi connectivity index (χ3v) is 5.84. The summed E-state index contributed by atoms with van der Waals surface area (Å²) in [4.78, 5) is 23.6. The van der Waals surface area contributed by atoms with Gasteiger partial charge in [0.1, 0.15) is 5.82 Å². The molecule has 0 saturated carbocycles. The molecule has 0 bridgehead atoms. The molecule has 1 fully saturated rings. The highest BCUT2D eigenvalue weighted by Crippen LogP contribution is 2.25. The molecular formula is C21H26N4O2S. The number of hydrogen-bond acceptors (Lipinski definition) is 6. The summed E-state index contributed by atoms with van der Waals surface area (Å²) in [6.45, 7) is 5.83. The van der Waals surface area contributed by atoms with Crippen LogP contribution in [0.2, 0.25) is 0 Å². The number of rotatable bonds is 9. The molecule has 2 heterocycles. The van der Waals surface area contributed by atoms with Gasteiger partial charge in [0, 0.05) is 36.9 Å². The number of H-pyrrole nitrogens is 1. The van der Waals surface area contributed by atoms with E-state index in [1.54, 1.807) is 6.20 Å². The summed E-state index contributed by atoms with van der Waals surface area (Å²) in [6.07, 6.45) is 10.5. The number of hydrogen-bond donors (Lipinski definition) is 2.